The Hall–Kier alpha value is -4.47. The second-order valence-corrected chi connectivity index (χ2v) is 14.7. The maximum absolute atomic E-state index is 11.0. The minimum absolute atomic E-state index is 0. The Kier molecular flexibility index (Phi) is 17.3. The summed E-state index contributed by atoms with van der Waals surface area (Å²) in [6, 6.07) is 20.4. The summed E-state index contributed by atoms with van der Waals surface area (Å²) in [5.74, 6) is -1.59. The third kappa shape index (κ3) is 15.1. The number of fused-ring (bicyclic) bond motifs is 1. The predicted octanol–water partition coefficient (Wildman–Crippen LogP) is 7.56. The Bertz CT molecular complexity index is 1710. The molecule has 0 aliphatic carbocycles. The topological polar surface area (TPSA) is 145 Å². The molecule has 0 saturated heterocycles. The molecule has 0 heterocycles. The van der Waals surface area contributed by atoms with Gasteiger partial charge in [-0.3, -0.25) is 9.98 Å². The van der Waals surface area contributed by atoms with Crippen LogP contribution in [0.25, 0.3) is 10.8 Å². The number of carboxylic acid groups (broad SMARTS) is 2. The van der Waals surface area contributed by atoms with Crippen LogP contribution >= 0.6 is 0 Å². The molecule has 0 aliphatic heterocycles. The number of benzene rings is 4. The molecule has 0 aliphatic rings. The summed E-state index contributed by atoms with van der Waals surface area (Å²) in [4.78, 5) is 27.5. The molecule has 0 unspecified atom stereocenters. The van der Waals surface area contributed by atoms with E-state index in [1.807, 2.05) is 36.4 Å². The summed E-state index contributed by atoms with van der Waals surface area (Å²) in [6.45, 7) is 19.4. The second kappa shape index (κ2) is 19.8. The Morgan fingerprint density at radius 1 is 0.667 bits per heavy atom. The summed E-state index contributed by atoms with van der Waals surface area (Å²) in [6.07, 6.45) is 6.87. The summed E-state index contributed by atoms with van der Waals surface area (Å²) >= 11 is 0. The van der Waals surface area contributed by atoms with Crippen molar-refractivity contribution in [3.05, 3.63) is 94.0 Å². The van der Waals surface area contributed by atoms with Crippen LogP contribution in [0.3, 0.4) is 0 Å². The number of aromatic hydroxyl groups is 2. The molecule has 0 bridgehead atoms. The van der Waals surface area contributed by atoms with Gasteiger partial charge in [0.05, 0.1) is 11.4 Å². The Morgan fingerprint density at radius 2 is 1.00 bits per heavy atom. The zero-order valence-electron chi connectivity index (χ0n) is 31.5. The largest absolute Gasteiger partial charge is 2.00 e. The maximum Gasteiger partial charge on any atom is 2.00 e. The van der Waals surface area contributed by atoms with E-state index in [-0.39, 0.29) is 39.1 Å². The molecule has 4 aromatic carbocycles. The van der Waals surface area contributed by atoms with Crippen molar-refractivity contribution in [2.45, 2.75) is 94.9 Å². The number of aliphatic imine (C=N–C) groups is 2. The third-order valence-corrected chi connectivity index (χ3v) is 7.33. The molecule has 0 amide bonds. The molecule has 1 radical (unpaired) electrons. The van der Waals surface area contributed by atoms with E-state index in [1.165, 1.54) is 11.1 Å². The molecule has 4 aromatic rings. The second-order valence-electron chi connectivity index (χ2n) is 14.7. The van der Waals surface area contributed by atoms with Crippen LogP contribution in [0.4, 0.5) is 11.4 Å². The van der Waals surface area contributed by atoms with Gasteiger partial charge in [0.1, 0.15) is 11.5 Å². The fraction of sp³-hybridized carbons (Fsp3) is 0.381. The molecule has 9 heteroatoms. The predicted molar refractivity (Wildman–Crippen MR) is 201 cm³/mol. The van der Waals surface area contributed by atoms with E-state index in [9.17, 15) is 10.2 Å². The van der Waals surface area contributed by atoms with Crippen LogP contribution < -0.4 is 10.2 Å². The van der Waals surface area contributed by atoms with Gasteiger partial charge in [-0.25, -0.2) is 0 Å². The first-order valence-electron chi connectivity index (χ1n) is 16.9. The fourth-order valence-corrected chi connectivity index (χ4v) is 5.53. The van der Waals surface area contributed by atoms with Crippen LogP contribution in [-0.4, -0.2) is 34.6 Å². The number of aliphatic carboxylic acids is 2. The molecule has 0 spiro atoms. The summed E-state index contributed by atoms with van der Waals surface area (Å²) in [7, 11) is 0. The molecule has 4 rings (SSSR count). The first-order valence-corrected chi connectivity index (χ1v) is 16.9. The van der Waals surface area contributed by atoms with Gasteiger partial charge in [0.25, 0.3) is 0 Å². The van der Waals surface area contributed by atoms with E-state index < -0.39 is 11.9 Å². The van der Waals surface area contributed by atoms with Gasteiger partial charge in [0.2, 0.25) is 0 Å². The molecular weight excluding hydrogens is 687 g/mol. The summed E-state index contributed by atoms with van der Waals surface area (Å²) in [5, 5.41) is 41.7. The van der Waals surface area contributed by atoms with Crippen LogP contribution in [0, 0.1) is 10.8 Å². The van der Waals surface area contributed by atoms with Gasteiger partial charge in [-0.15, -0.1) is 0 Å². The van der Waals surface area contributed by atoms with Gasteiger partial charge in [-0.2, -0.15) is 0 Å². The van der Waals surface area contributed by atoms with E-state index >= 15 is 0 Å². The zero-order valence-corrected chi connectivity index (χ0v) is 32.6. The summed E-state index contributed by atoms with van der Waals surface area (Å²) in [5.41, 5.74) is 7.53. The van der Waals surface area contributed by atoms with Crippen molar-refractivity contribution in [3.63, 3.8) is 0 Å². The molecule has 51 heavy (non-hydrogen) atoms. The zero-order chi connectivity index (χ0) is 37.8. The average Bonchev–Trinajstić information content (AvgIpc) is 2.99. The van der Waals surface area contributed by atoms with Crippen LogP contribution in [0.1, 0.15) is 103 Å². The first-order chi connectivity index (χ1) is 23.2. The van der Waals surface area contributed by atoms with E-state index in [4.69, 9.17) is 29.8 Å². The molecule has 0 fully saturated rings. The van der Waals surface area contributed by atoms with Crippen LogP contribution in [0.2, 0.25) is 0 Å². The quantitative estimate of drug-likeness (QED) is 0.179. The number of hydrogen-bond donors (Lipinski definition) is 2. The van der Waals surface area contributed by atoms with Gasteiger partial charge in [-0.1, -0.05) is 91.8 Å². The molecule has 8 nitrogen and oxygen atoms in total. The van der Waals surface area contributed by atoms with Crippen molar-refractivity contribution in [2.75, 3.05) is 0 Å². The van der Waals surface area contributed by atoms with E-state index in [1.54, 1.807) is 12.4 Å². The van der Waals surface area contributed by atoms with Gasteiger partial charge in [0, 0.05) is 40.9 Å². The number of carboxylic acids is 2. The van der Waals surface area contributed by atoms with Crippen molar-refractivity contribution in [2.24, 2.45) is 20.8 Å². The Balaban J connectivity index is 0.00000131. The molecule has 0 atom stereocenters. The van der Waals surface area contributed by atoms with Crippen molar-refractivity contribution in [1.82, 2.24) is 0 Å². The number of carbonyl (C=O) groups is 2. The van der Waals surface area contributed by atoms with E-state index in [2.05, 4.69) is 79.7 Å². The standard InChI is InChI=1S/C38H46N2O2.2C2H4O2.Co/c1-9-27-17-25(21-37(3,4)5)19-30(35(27)41)23-39-32-15-11-13-29-14-12-16-33(34(29)32)40-24-31-20-26(22-38(6,7)8)18-28(10-2)36(31)42;2*1-2(3)4;/h11-20,23-24,41-42H,9-10,21-22H2,1-8H3;2*1H3,(H,3,4);/q;;;+2/p-2. The minimum Gasteiger partial charge on any atom is -0.550 e. The number of nitrogens with zero attached hydrogens (tertiary/aromatic N) is 2. The van der Waals surface area contributed by atoms with Crippen molar-refractivity contribution in [3.8, 4) is 11.5 Å². The molecule has 275 valence electrons. The molecule has 0 saturated carbocycles. The molecule has 0 aromatic heterocycles. The van der Waals surface area contributed by atoms with Crippen LogP contribution in [0.15, 0.2) is 70.6 Å². The normalized spacial score (nSPS) is 11.4. The number of carbonyl (C=O) groups excluding carboxylic acids is 2. The Labute approximate surface area is 313 Å². The van der Waals surface area contributed by atoms with E-state index in [0.717, 1.165) is 83.9 Å². The minimum atomic E-state index is -1.08. The van der Waals surface area contributed by atoms with Crippen molar-refractivity contribution >= 4 is 46.5 Å². The maximum atomic E-state index is 11.0. The smallest absolute Gasteiger partial charge is 0.550 e. The molecule has 2 N–H and O–H groups in total. The van der Waals surface area contributed by atoms with Crippen molar-refractivity contribution < 1.29 is 46.8 Å². The van der Waals surface area contributed by atoms with Gasteiger partial charge in [-0.05, 0) is 102 Å². The number of aryl methyl sites for hydroxylation is 2. The number of rotatable bonds is 8. The Morgan fingerprint density at radius 3 is 1.29 bits per heavy atom. The van der Waals surface area contributed by atoms with Gasteiger partial charge < -0.3 is 30.0 Å². The van der Waals surface area contributed by atoms with Crippen molar-refractivity contribution in [1.29, 1.82) is 0 Å². The van der Waals surface area contributed by atoms with Crippen LogP contribution in [-0.2, 0) is 52.1 Å². The summed E-state index contributed by atoms with van der Waals surface area (Å²) < 4.78 is 0. The van der Waals surface area contributed by atoms with Gasteiger partial charge in [0.15, 0.2) is 0 Å². The fourth-order valence-electron chi connectivity index (χ4n) is 5.53. The van der Waals surface area contributed by atoms with E-state index in [0.29, 0.717) is 0 Å². The number of phenolic OH excluding ortho intramolecular Hbond substituents is 2. The van der Waals surface area contributed by atoms with Crippen LogP contribution in [0.5, 0.6) is 11.5 Å². The molecular formula is C42H52CoN2O6. The average molecular weight is 740 g/mol. The third-order valence-electron chi connectivity index (χ3n) is 7.33. The number of phenols is 2. The number of hydrogen-bond acceptors (Lipinski definition) is 8. The van der Waals surface area contributed by atoms with Gasteiger partial charge >= 0.3 is 16.8 Å². The monoisotopic (exact) mass is 739 g/mol. The first kappa shape index (κ1) is 44.5. The SMILES string of the molecule is CC(=O)[O-].CC(=O)[O-].CCc1cc(CC(C)(C)C)cc(C=Nc2cccc3cccc(N=Cc4cc(CC(C)(C)C)cc(CC)c4O)c23)c1O.[Co+2].